The number of piperidine rings is 1. The minimum Gasteiger partial charge on any atom is -0.495 e. The Morgan fingerprint density at radius 1 is 1.50 bits per heavy atom. The van der Waals surface area contributed by atoms with Crippen LogP contribution in [0.3, 0.4) is 0 Å². The number of primary amides is 1. The van der Waals surface area contributed by atoms with E-state index in [0.29, 0.717) is 18.9 Å². The molecule has 0 aromatic heterocycles. The third-order valence-corrected chi connectivity index (χ3v) is 4.24. The van der Waals surface area contributed by atoms with E-state index in [4.69, 9.17) is 10.5 Å². The van der Waals surface area contributed by atoms with Crippen molar-refractivity contribution < 1.29 is 9.53 Å². The Bertz CT molecular complexity index is 492. The van der Waals surface area contributed by atoms with E-state index in [1.807, 2.05) is 24.3 Å². The van der Waals surface area contributed by atoms with Gasteiger partial charge in [0.2, 0.25) is 5.91 Å². The van der Waals surface area contributed by atoms with Crippen molar-refractivity contribution >= 4 is 11.6 Å². The second kappa shape index (κ2) is 5.71. The fourth-order valence-corrected chi connectivity index (χ4v) is 2.75. The van der Waals surface area contributed by atoms with E-state index in [1.165, 1.54) is 0 Å². The van der Waals surface area contributed by atoms with Crippen molar-refractivity contribution in [3.8, 4) is 5.75 Å². The summed E-state index contributed by atoms with van der Waals surface area (Å²) in [7, 11) is 3.69. The molecule has 5 nitrogen and oxygen atoms in total. The number of nitrogens with two attached hydrogens (primary N) is 1. The van der Waals surface area contributed by atoms with Crippen LogP contribution in [0.1, 0.15) is 19.8 Å². The van der Waals surface area contributed by atoms with Crippen LogP contribution in [0, 0.1) is 0 Å². The number of carbonyl (C=O) groups is 1. The first kappa shape index (κ1) is 14.7. The second-order valence-corrected chi connectivity index (χ2v) is 5.56. The Morgan fingerprint density at radius 3 is 2.80 bits per heavy atom. The van der Waals surface area contributed by atoms with Gasteiger partial charge in [-0.25, -0.2) is 0 Å². The van der Waals surface area contributed by atoms with E-state index < -0.39 is 5.54 Å². The lowest BCUT2D eigenvalue weighted by Gasteiger charge is -2.43. The van der Waals surface area contributed by atoms with Gasteiger partial charge < -0.3 is 20.7 Å². The number of rotatable bonds is 4. The summed E-state index contributed by atoms with van der Waals surface area (Å²) < 4.78 is 5.33. The van der Waals surface area contributed by atoms with Gasteiger partial charge in [-0.05, 0) is 38.9 Å². The van der Waals surface area contributed by atoms with E-state index in [0.717, 1.165) is 18.0 Å². The van der Waals surface area contributed by atoms with Crippen LogP contribution in [0.15, 0.2) is 24.3 Å². The molecule has 3 N–H and O–H groups in total. The molecule has 110 valence electrons. The number of nitrogens with zero attached hydrogens (tertiary/aromatic N) is 1. The molecule has 0 spiro atoms. The Balaban J connectivity index is 2.28. The average molecular weight is 277 g/mol. The number of carbonyl (C=O) groups excluding carboxylic acids is 1. The van der Waals surface area contributed by atoms with Crippen molar-refractivity contribution in [2.45, 2.75) is 31.3 Å². The van der Waals surface area contributed by atoms with Gasteiger partial charge in [-0.2, -0.15) is 0 Å². The van der Waals surface area contributed by atoms with Crippen molar-refractivity contribution in [1.82, 2.24) is 4.90 Å². The predicted octanol–water partition coefficient (Wildman–Crippen LogP) is 1.45. The lowest BCUT2D eigenvalue weighted by molar-refractivity contribution is -0.124. The summed E-state index contributed by atoms with van der Waals surface area (Å²) in [4.78, 5) is 14.3. The van der Waals surface area contributed by atoms with E-state index in [1.54, 1.807) is 7.11 Å². The Labute approximate surface area is 120 Å². The first-order valence-corrected chi connectivity index (χ1v) is 6.90. The van der Waals surface area contributed by atoms with Gasteiger partial charge in [-0.15, -0.1) is 0 Å². The fourth-order valence-electron chi connectivity index (χ4n) is 2.75. The molecule has 1 heterocycles. The first-order chi connectivity index (χ1) is 9.48. The summed E-state index contributed by atoms with van der Waals surface area (Å²) in [5.74, 6) is 0.420. The molecular weight excluding hydrogens is 254 g/mol. The molecule has 0 bridgehead atoms. The second-order valence-electron chi connectivity index (χ2n) is 5.56. The van der Waals surface area contributed by atoms with Crippen molar-refractivity contribution in [3.63, 3.8) is 0 Å². The molecule has 1 fully saturated rings. The van der Waals surface area contributed by atoms with E-state index in [-0.39, 0.29) is 5.91 Å². The molecule has 20 heavy (non-hydrogen) atoms. The summed E-state index contributed by atoms with van der Waals surface area (Å²) in [6.45, 7) is 2.95. The maximum atomic E-state index is 12.0. The number of nitrogens with one attached hydrogen (secondary N) is 1. The lowest BCUT2D eigenvalue weighted by atomic mass is 9.82. The van der Waals surface area contributed by atoms with Crippen molar-refractivity contribution in [2.24, 2.45) is 5.73 Å². The number of benzene rings is 1. The Hall–Kier alpha value is -1.75. The predicted molar refractivity (Wildman–Crippen MR) is 79.9 cm³/mol. The zero-order valence-corrected chi connectivity index (χ0v) is 12.3. The number of methoxy groups -OCH3 is 1. The highest BCUT2D eigenvalue weighted by Gasteiger charge is 2.42. The zero-order chi connectivity index (χ0) is 14.8. The highest BCUT2D eigenvalue weighted by molar-refractivity contribution is 5.88. The molecule has 1 amide bonds. The molecule has 2 unspecified atom stereocenters. The molecule has 5 heteroatoms. The first-order valence-electron chi connectivity index (χ1n) is 6.90. The summed E-state index contributed by atoms with van der Waals surface area (Å²) in [5.41, 5.74) is 5.79. The number of likely N-dealkylation sites (tertiary alicyclic amines) is 1. The molecule has 0 aliphatic carbocycles. The molecule has 2 rings (SSSR count). The maximum absolute atomic E-state index is 12.0. The molecule has 1 aromatic carbocycles. The molecule has 0 radical (unpaired) electrons. The summed E-state index contributed by atoms with van der Waals surface area (Å²) >= 11 is 0. The minimum atomic E-state index is -0.708. The van der Waals surface area contributed by atoms with Gasteiger partial charge in [0.15, 0.2) is 0 Å². The van der Waals surface area contributed by atoms with Crippen LogP contribution < -0.4 is 15.8 Å². The van der Waals surface area contributed by atoms with Crippen LogP contribution in [0.2, 0.25) is 0 Å². The molecular formula is C15H23N3O2. The third kappa shape index (κ3) is 2.72. The Kier molecular flexibility index (Phi) is 4.18. The number of anilines is 1. The molecule has 2 atom stereocenters. The number of amides is 1. The van der Waals surface area contributed by atoms with Crippen molar-refractivity contribution in [3.05, 3.63) is 24.3 Å². The van der Waals surface area contributed by atoms with Crippen molar-refractivity contribution in [1.29, 1.82) is 0 Å². The maximum Gasteiger partial charge on any atom is 0.243 e. The van der Waals surface area contributed by atoms with Gasteiger partial charge in [0.25, 0.3) is 0 Å². The van der Waals surface area contributed by atoms with Gasteiger partial charge in [-0.3, -0.25) is 4.79 Å². The third-order valence-electron chi connectivity index (χ3n) is 4.24. The number of para-hydroxylation sites is 2. The monoisotopic (exact) mass is 277 g/mol. The smallest absolute Gasteiger partial charge is 0.243 e. The van der Waals surface area contributed by atoms with Crippen LogP contribution in [-0.4, -0.2) is 43.1 Å². The van der Waals surface area contributed by atoms with Crippen LogP contribution in [-0.2, 0) is 4.79 Å². The van der Waals surface area contributed by atoms with Crippen LogP contribution >= 0.6 is 0 Å². The average Bonchev–Trinajstić information content (AvgIpc) is 2.43. The number of hydrogen-bond donors (Lipinski definition) is 2. The fraction of sp³-hybridized carbons (Fsp3) is 0.533. The van der Waals surface area contributed by atoms with Crippen molar-refractivity contribution in [2.75, 3.05) is 26.0 Å². The van der Waals surface area contributed by atoms with Gasteiger partial charge >= 0.3 is 0 Å². The summed E-state index contributed by atoms with van der Waals surface area (Å²) in [6.07, 6.45) is 1.39. The summed E-state index contributed by atoms with van der Waals surface area (Å²) in [6, 6.07) is 7.90. The van der Waals surface area contributed by atoms with E-state index >= 15 is 0 Å². The minimum absolute atomic E-state index is 0.302. The standard InChI is InChI=1S/C15H23N3O2/c1-11-10-15(14(16)19,8-9-18(11)2)17-12-6-4-5-7-13(12)20-3/h4-7,11,17H,8-10H2,1-3H3,(H2,16,19). The van der Waals surface area contributed by atoms with Crippen LogP contribution in [0.25, 0.3) is 0 Å². The largest absolute Gasteiger partial charge is 0.495 e. The van der Waals surface area contributed by atoms with Crippen LogP contribution in [0.4, 0.5) is 5.69 Å². The lowest BCUT2D eigenvalue weighted by Crippen LogP contribution is -2.59. The highest BCUT2D eigenvalue weighted by Crippen LogP contribution is 2.33. The van der Waals surface area contributed by atoms with Gasteiger partial charge in [0.05, 0.1) is 12.8 Å². The molecule has 0 saturated carbocycles. The highest BCUT2D eigenvalue weighted by atomic mass is 16.5. The van der Waals surface area contributed by atoms with E-state index in [9.17, 15) is 4.79 Å². The number of hydrogen-bond acceptors (Lipinski definition) is 4. The van der Waals surface area contributed by atoms with Crippen LogP contribution in [0.5, 0.6) is 5.75 Å². The number of ether oxygens (including phenoxy) is 1. The van der Waals surface area contributed by atoms with E-state index in [2.05, 4.69) is 24.2 Å². The molecule has 1 saturated heterocycles. The van der Waals surface area contributed by atoms with Gasteiger partial charge in [-0.1, -0.05) is 12.1 Å². The molecule has 1 aliphatic heterocycles. The normalized spacial score (nSPS) is 27.1. The quantitative estimate of drug-likeness (QED) is 0.874. The SMILES string of the molecule is COc1ccccc1NC1(C(N)=O)CCN(C)C(C)C1. The summed E-state index contributed by atoms with van der Waals surface area (Å²) in [5, 5.41) is 3.34. The molecule has 1 aromatic rings. The van der Waals surface area contributed by atoms with Gasteiger partial charge in [0, 0.05) is 12.6 Å². The zero-order valence-electron chi connectivity index (χ0n) is 12.3. The topological polar surface area (TPSA) is 67.6 Å². The molecule has 1 aliphatic rings. The Morgan fingerprint density at radius 2 is 2.20 bits per heavy atom. The van der Waals surface area contributed by atoms with Gasteiger partial charge in [0.1, 0.15) is 11.3 Å².